The van der Waals surface area contributed by atoms with Crippen molar-refractivity contribution in [2.45, 2.75) is 43.7 Å². The molecule has 3 rings (SSSR count). The highest BCUT2D eigenvalue weighted by Gasteiger charge is 2.44. The number of ether oxygens (including phenoxy) is 2. The monoisotopic (exact) mass is 377 g/mol. The Bertz CT molecular complexity index is 745. The maximum Gasteiger partial charge on any atom is 0.278 e. The molecule has 7 nitrogen and oxygen atoms in total. The number of alkyl halides is 1. The molecule has 27 heavy (non-hydrogen) atoms. The third-order valence-corrected chi connectivity index (χ3v) is 5.51. The maximum absolute atomic E-state index is 13.2. The number of nitriles is 1. The first-order valence-corrected chi connectivity index (χ1v) is 9.26. The lowest BCUT2D eigenvalue weighted by Gasteiger charge is -2.35. The number of nitrogens with zero attached hydrogens (tertiary/aromatic N) is 3. The molecular formula is C19H24FN3O4. The molecule has 146 valence electrons. The van der Waals surface area contributed by atoms with Gasteiger partial charge in [0.15, 0.2) is 11.5 Å². The highest BCUT2D eigenvalue weighted by molar-refractivity contribution is 5.59. The molecule has 0 amide bonds. The molecule has 0 N–H and O–H groups in total. The van der Waals surface area contributed by atoms with E-state index in [1.165, 1.54) is 13.2 Å². The van der Waals surface area contributed by atoms with E-state index in [1.807, 2.05) is 4.90 Å². The molecule has 1 heterocycles. The first-order chi connectivity index (χ1) is 13.0. The quantitative estimate of drug-likeness (QED) is 0.392. The van der Waals surface area contributed by atoms with Gasteiger partial charge in [-0.05, 0) is 38.2 Å². The van der Waals surface area contributed by atoms with Crippen LogP contribution in [-0.4, -0.2) is 49.3 Å². The van der Waals surface area contributed by atoms with E-state index in [-0.39, 0.29) is 5.69 Å². The number of benzene rings is 1. The third kappa shape index (κ3) is 3.98. The second-order valence-corrected chi connectivity index (χ2v) is 7.21. The largest absolute Gasteiger partial charge is 0.493 e. The van der Waals surface area contributed by atoms with Crippen LogP contribution in [0.2, 0.25) is 0 Å². The van der Waals surface area contributed by atoms with Crippen LogP contribution >= 0.6 is 0 Å². The van der Waals surface area contributed by atoms with E-state index in [2.05, 4.69) is 6.07 Å². The van der Waals surface area contributed by atoms with Crippen molar-refractivity contribution < 1.29 is 18.8 Å². The summed E-state index contributed by atoms with van der Waals surface area (Å²) < 4.78 is 24.3. The molecule has 2 aliphatic rings. The van der Waals surface area contributed by atoms with Crippen molar-refractivity contribution >= 4 is 5.69 Å². The lowest BCUT2D eigenvalue weighted by atomic mass is 9.65. The van der Waals surface area contributed by atoms with Gasteiger partial charge >= 0.3 is 0 Å². The van der Waals surface area contributed by atoms with Crippen molar-refractivity contribution in [1.82, 2.24) is 4.90 Å². The van der Waals surface area contributed by atoms with Crippen molar-refractivity contribution in [1.29, 1.82) is 5.26 Å². The van der Waals surface area contributed by atoms with Gasteiger partial charge in [-0.1, -0.05) is 0 Å². The Labute approximate surface area is 157 Å². The van der Waals surface area contributed by atoms with E-state index in [4.69, 9.17) is 9.47 Å². The van der Waals surface area contributed by atoms with Crippen molar-refractivity contribution in [2.75, 3.05) is 33.4 Å². The summed E-state index contributed by atoms with van der Waals surface area (Å²) >= 11 is 0. The number of nitro groups is 1. The summed E-state index contributed by atoms with van der Waals surface area (Å²) in [5.74, 6) is 0.687. The van der Waals surface area contributed by atoms with Gasteiger partial charge in [-0.2, -0.15) is 5.26 Å². The summed E-state index contributed by atoms with van der Waals surface area (Å²) in [7, 11) is 1.48. The molecule has 1 saturated heterocycles. The van der Waals surface area contributed by atoms with Gasteiger partial charge in [-0.25, -0.2) is 4.39 Å². The highest BCUT2D eigenvalue weighted by atomic mass is 19.1. The van der Waals surface area contributed by atoms with Gasteiger partial charge in [0.05, 0.1) is 41.8 Å². The molecule has 0 aromatic heterocycles. The predicted molar refractivity (Wildman–Crippen MR) is 96.9 cm³/mol. The molecule has 2 fully saturated rings. The number of hydrogen-bond donors (Lipinski definition) is 0. The average molecular weight is 377 g/mol. The van der Waals surface area contributed by atoms with Crippen LogP contribution in [0.4, 0.5) is 10.1 Å². The van der Waals surface area contributed by atoms with Gasteiger partial charge in [0, 0.05) is 19.6 Å². The van der Waals surface area contributed by atoms with Crippen LogP contribution in [0, 0.1) is 21.4 Å². The van der Waals surface area contributed by atoms with Gasteiger partial charge in [0.25, 0.3) is 5.69 Å². The third-order valence-electron chi connectivity index (χ3n) is 5.51. The fourth-order valence-electron chi connectivity index (χ4n) is 3.79. The van der Waals surface area contributed by atoms with Gasteiger partial charge in [-0.3, -0.25) is 10.1 Å². The number of likely N-dealkylation sites (tertiary alicyclic amines) is 1. The van der Waals surface area contributed by atoms with E-state index < -0.39 is 16.5 Å². The van der Waals surface area contributed by atoms with Crippen molar-refractivity contribution in [3.8, 4) is 17.6 Å². The first-order valence-electron chi connectivity index (χ1n) is 9.26. The van der Waals surface area contributed by atoms with Gasteiger partial charge in [0.2, 0.25) is 0 Å². The van der Waals surface area contributed by atoms with Crippen LogP contribution in [0.1, 0.15) is 37.7 Å². The smallest absolute Gasteiger partial charge is 0.278 e. The Morgan fingerprint density at radius 1 is 1.44 bits per heavy atom. The SMILES string of the molecule is COc1cc(C2(C#N)CCC2)c([N+](=O)[O-])cc1OCCCN1CCC(F)C1. The van der Waals surface area contributed by atoms with Crippen molar-refractivity contribution in [2.24, 2.45) is 0 Å². The maximum atomic E-state index is 13.2. The lowest BCUT2D eigenvalue weighted by molar-refractivity contribution is -0.386. The Balaban J connectivity index is 1.72. The van der Waals surface area contributed by atoms with E-state index >= 15 is 0 Å². The molecule has 1 atom stereocenters. The molecule has 1 aliphatic heterocycles. The fourth-order valence-corrected chi connectivity index (χ4v) is 3.79. The minimum absolute atomic E-state index is 0.105. The first kappa shape index (κ1) is 19.4. The molecule has 0 spiro atoms. The van der Waals surface area contributed by atoms with Crippen LogP contribution in [0.3, 0.4) is 0 Å². The minimum atomic E-state index is -0.813. The molecule has 1 saturated carbocycles. The molecule has 1 aliphatic carbocycles. The van der Waals surface area contributed by atoms with Crippen LogP contribution < -0.4 is 9.47 Å². The summed E-state index contributed by atoms with van der Waals surface area (Å²) in [6.07, 6.45) is 2.61. The minimum Gasteiger partial charge on any atom is -0.493 e. The van der Waals surface area contributed by atoms with E-state index in [9.17, 15) is 19.8 Å². The number of methoxy groups -OCH3 is 1. The van der Waals surface area contributed by atoms with Gasteiger partial charge in [0.1, 0.15) is 6.17 Å². The molecule has 0 radical (unpaired) electrons. The second-order valence-electron chi connectivity index (χ2n) is 7.21. The molecule has 0 bridgehead atoms. The average Bonchev–Trinajstić information content (AvgIpc) is 3.03. The standard InChI is InChI=1S/C19H24FN3O4/c1-26-17-10-15(19(13-21)5-2-6-19)16(23(24)25)11-18(17)27-9-3-7-22-8-4-14(20)12-22/h10-11,14H,2-9,12H2,1H3. The zero-order chi connectivity index (χ0) is 19.4. The Morgan fingerprint density at radius 3 is 2.74 bits per heavy atom. The topological polar surface area (TPSA) is 88.6 Å². The highest BCUT2D eigenvalue weighted by Crippen LogP contribution is 2.49. The lowest BCUT2D eigenvalue weighted by Crippen LogP contribution is -2.33. The summed E-state index contributed by atoms with van der Waals surface area (Å²) in [5.41, 5.74) is -0.518. The van der Waals surface area contributed by atoms with Crippen LogP contribution in [0.25, 0.3) is 0 Å². The van der Waals surface area contributed by atoms with Crippen LogP contribution in [0.15, 0.2) is 12.1 Å². The van der Waals surface area contributed by atoms with Crippen molar-refractivity contribution in [3.63, 3.8) is 0 Å². The Hall–Kier alpha value is -2.40. The summed E-state index contributed by atoms with van der Waals surface area (Å²) in [6, 6.07) is 5.18. The van der Waals surface area contributed by atoms with Crippen LogP contribution in [0.5, 0.6) is 11.5 Å². The Morgan fingerprint density at radius 2 is 2.22 bits per heavy atom. The molecule has 1 aromatic rings. The normalized spacial score (nSPS) is 21.3. The Kier molecular flexibility index (Phi) is 5.80. The molecule has 1 unspecified atom stereocenters. The van der Waals surface area contributed by atoms with E-state index in [1.54, 1.807) is 6.07 Å². The van der Waals surface area contributed by atoms with E-state index in [0.717, 1.165) is 19.5 Å². The van der Waals surface area contributed by atoms with E-state index in [0.29, 0.717) is 55.9 Å². The van der Waals surface area contributed by atoms with Gasteiger partial charge < -0.3 is 14.4 Å². The number of hydrogen-bond acceptors (Lipinski definition) is 6. The molecule has 1 aromatic carbocycles. The van der Waals surface area contributed by atoms with Crippen LogP contribution in [-0.2, 0) is 5.41 Å². The van der Waals surface area contributed by atoms with Crippen molar-refractivity contribution in [3.05, 3.63) is 27.8 Å². The predicted octanol–water partition coefficient (Wildman–Crippen LogP) is 3.36. The summed E-state index contributed by atoms with van der Waals surface area (Å²) in [6.45, 7) is 2.28. The summed E-state index contributed by atoms with van der Waals surface area (Å²) in [5, 5.41) is 21.1. The second kappa shape index (κ2) is 8.09. The summed E-state index contributed by atoms with van der Waals surface area (Å²) in [4.78, 5) is 13.1. The fraction of sp³-hybridized carbons (Fsp3) is 0.632. The molecule has 8 heteroatoms. The number of halogens is 1. The van der Waals surface area contributed by atoms with Gasteiger partial charge in [-0.15, -0.1) is 0 Å². The molecular weight excluding hydrogens is 353 g/mol. The number of nitro benzene ring substituents is 1. The number of rotatable bonds is 8. The zero-order valence-electron chi connectivity index (χ0n) is 15.4. The zero-order valence-corrected chi connectivity index (χ0v) is 15.4.